The second-order valence-electron chi connectivity index (χ2n) is 4.26. The first-order valence-corrected chi connectivity index (χ1v) is 7.25. The van der Waals surface area contributed by atoms with Crippen LogP contribution in [0.4, 0.5) is 5.69 Å². The quantitative estimate of drug-likeness (QED) is 0.777. The maximum Gasteiger partial charge on any atom is 0.255 e. The van der Waals surface area contributed by atoms with Crippen molar-refractivity contribution in [3.63, 3.8) is 0 Å². The first-order valence-electron chi connectivity index (χ1n) is 5.67. The largest absolute Gasteiger partial charge is 0.321 e. The van der Waals surface area contributed by atoms with Crippen molar-refractivity contribution in [1.29, 1.82) is 0 Å². The van der Waals surface area contributed by atoms with Crippen molar-refractivity contribution in [1.82, 2.24) is 4.98 Å². The number of aromatic nitrogens is 1. The zero-order chi connectivity index (χ0) is 14.0. The van der Waals surface area contributed by atoms with Crippen LogP contribution in [0, 0.1) is 13.8 Å². The summed E-state index contributed by atoms with van der Waals surface area (Å²) in [7, 11) is 0. The molecule has 19 heavy (non-hydrogen) atoms. The van der Waals surface area contributed by atoms with E-state index in [9.17, 15) is 4.79 Å². The highest BCUT2D eigenvalue weighted by Gasteiger charge is 2.11. The minimum atomic E-state index is -0.157. The van der Waals surface area contributed by atoms with E-state index in [0.717, 1.165) is 21.3 Å². The molecule has 1 amide bonds. The summed E-state index contributed by atoms with van der Waals surface area (Å²) >= 11 is 6.73. The van der Waals surface area contributed by atoms with Gasteiger partial charge in [-0.25, -0.2) is 4.98 Å². The normalized spacial score (nSPS) is 10.3. The second kappa shape index (κ2) is 5.84. The van der Waals surface area contributed by atoms with Crippen molar-refractivity contribution in [2.45, 2.75) is 13.8 Å². The van der Waals surface area contributed by atoms with Crippen LogP contribution >= 0.6 is 31.9 Å². The Kier molecular flexibility index (Phi) is 4.37. The summed E-state index contributed by atoms with van der Waals surface area (Å²) in [5.74, 6) is -0.157. The third-order valence-electron chi connectivity index (χ3n) is 2.66. The number of hydrogen-bond acceptors (Lipinski definition) is 2. The van der Waals surface area contributed by atoms with Gasteiger partial charge in [0, 0.05) is 16.2 Å². The SMILES string of the molecule is Cc1cc(C)c(NC(=O)c2ccnc(Br)c2)c(Br)c1. The number of hydrogen-bond donors (Lipinski definition) is 1. The number of amides is 1. The Bertz CT molecular complexity index is 618. The zero-order valence-corrected chi connectivity index (χ0v) is 13.7. The Hall–Kier alpha value is -1.20. The number of anilines is 1. The number of carbonyl (C=O) groups is 1. The molecule has 2 rings (SSSR count). The highest BCUT2D eigenvalue weighted by atomic mass is 79.9. The molecule has 1 N–H and O–H groups in total. The predicted octanol–water partition coefficient (Wildman–Crippen LogP) is 4.48. The maximum atomic E-state index is 12.2. The highest BCUT2D eigenvalue weighted by molar-refractivity contribution is 9.10. The summed E-state index contributed by atoms with van der Waals surface area (Å²) in [5.41, 5.74) is 3.53. The van der Waals surface area contributed by atoms with Crippen LogP contribution in [0.3, 0.4) is 0 Å². The topological polar surface area (TPSA) is 42.0 Å². The van der Waals surface area contributed by atoms with Crippen LogP contribution in [0.5, 0.6) is 0 Å². The van der Waals surface area contributed by atoms with Gasteiger partial charge in [0.05, 0.1) is 5.69 Å². The van der Waals surface area contributed by atoms with Gasteiger partial charge in [-0.1, -0.05) is 6.07 Å². The van der Waals surface area contributed by atoms with Crippen LogP contribution < -0.4 is 5.32 Å². The molecule has 0 saturated carbocycles. The average molecular weight is 384 g/mol. The molecule has 1 heterocycles. The predicted molar refractivity (Wildman–Crippen MR) is 83.5 cm³/mol. The van der Waals surface area contributed by atoms with E-state index in [4.69, 9.17) is 0 Å². The summed E-state index contributed by atoms with van der Waals surface area (Å²) in [6.45, 7) is 3.99. The number of carbonyl (C=O) groups excluding carboxylic acids is 1. The van der Waals surface area contributed by atoms with Gasteiger partial charge in [-0.2, -0.15) is 0 Å². The molecule has 0 radical (unpaired) electrons. The summed E-state index contributed by atoms with van der Waals surface area (Å²) in [5, 5.41) is 2.91. The fourth-order valence-corrected chi connectivity index (χ4v) is 2.94. The molecule has 0 aliphatic heterocycles. The summed E-state index contributed by atoms with van der Waals surface area (Å²) in [4.78, 5) is 16.2. The number of nitrogens with zero attached hydrogens (tertiary/aromatic N) is 1. The van der Waals surface area contributed by atoms with Gasteiger partial charge in [0.15, 0.2) is 0 Å². The van der Waals surface area contributed by atoms with Crippen molar-refractivity contribution in [3.05, 3.63) is 56.2 Å². The molecule has 5 heteroatoms. The molecule has 0 saturated heterocycles. The highest BCUT2D eigenvalue weighted by Crippen LogP contribution is 2.28. The minimum absolute atomic E-state index is 0.157. The molecule has 98 valence electrons. The molecule has 0 aliphatic rings. The minimum Gasteiger partial charge on any atom is -0.321 e. The lowest BCUT2D eigenvalue weighted by atomic mass is 10.1. The molecule has 0 unspecified atom stereocenters. The number of nitrogens with one attached hydrogen (secondary N) is 1. The van der Waals surface area contributed by atoms with Gasteiger partial charge >= 0.3 is 0 Å². The second-order valence-corrected chi connectivity index (χ2v) is 5.93. The number of rotatable bonds is 2. The third kappa shape index (κ3) is 3.42. The molecule has 1 aromatic carbocycles. The van der Waals surface area contributed by atoms with E-state index in [0.29, 0.717) is 10.2 Å². The first-order chi connectivity index (χ1) is 8.97. The fourth-order valence-electron chi connectivity index (χ4n) is 1.80. The van der Waals surface area contributed by atoms with Gasteiger partial charge in [0.1, 0.15) is 4.60 Å². The zero-order valence-electron chi connectivity index (χ0n) is 10.5. The van der Waals surface area contributed by atoms with Crippen molar-refractivity contribution >= 4 is 43.5 Å². The Labute approximate surface area is 128 Å². The van der Waals surface area contributed by atoms with Gasteiger partial charge in [-0.05, 0) is 75.0 Å². The van der Waals surface area contributed by atoms with Gasteiger partial charge in [0.2, 0.25) is 0 Å². The average Bonchev–Trinajstić information content (AvgIpc) is 2.33. The maximum absolute atomic E-state index is 12.2. The van der Waals surface area contributed by atoms with Crippen molar-refractivity contribution in [2.75, 3.05) is 5.32 Å². The lowest BCUT2D eigenvalue weighted by Crippen LogP contribution is -2.13. The Morgan fingerprint density at radius 3 is 2.58 bits per heavy atom. The van der Waals surface area contributed by atoms with Crippen molar-refractivity contribution < 1.29 is 4.79 Å². The van der Waals surface area contributed by atoms with Gasteiger partial charge in [0.25, 0.3) is 5.91 Å². The van der Waals surface area contributed by atoms with Crippen LogP contribution in [0.25, 0.3) is 0 Å². The molecule has 3 nitrogen and oxygen atoms in total. The number of benzene rings is 1. The van der Waals surface area contributed by atoms with Gasteiger partial charge in [-0.15, -0.1) is 0 Å². The molecule has 2 aromatic rings. The molecule has 0 spiro atoms. The molecule has 0 atom stereocenters. The van der Waals surface area contributed by atoms with Crippen LogP contribution in [0.2, 0.25) is 0 Å². The van der Waals surface area contributed by atoms with Gasteiger partial charge < -0.3 is 5.32 Å². The van der Waals surface area contributed by atoms with E-state index < -0.39 is 0 Å². The monoisotopic (exact) mass is 382 g/mol. The molecule has 0 aliphatic carbocycles. The first kappa shape index (κ1) is 14.2. The smallest absolute Gasteiger partial charge is 0.255 e. The van der Waals surface area contributed by atoms with Crippen molar-refractivity contribution in [3.8, 4) is 0 Å². The van der Waals surface area contributed by atoms with E-state index >= 15 is 0 Å². The summed E-state index contributed by atoms with van der Waals surface area (Å²) in [6.07, 6.45) is 1.59. The lowest BCUT2D eigenvalue weighted by Gasteiger charge is -2.11. The number of pyridine rings is 1. The molecular formula is C14H12Br2N2O. The van der Waals surface area contributed by atoms with E-state index in [1.165, 1.54) is 0 Å². The lowest BCUT2D eigenvalue weighted by molar-refractivity contribution is 0.102. The Morgan fingerprint density at radius 2 is 1.95 bits per heavy atom. The van der Waals surface area contributed by atoms with E-state index in [2.05, 4.69) is 42.2 Å². The van der Waals surface area contributed by atoms with Crippen molar-refractivity contribution in [2.24, 2.45) is 0 Å². The molecular weight excluding hydrogens is 372 g/mol. The number of halogens is 2. The van der Waals surface area contributed by atoms with Crippen LogP contribution in [-0.2, 0) is 0 Å². The Balaban J connectivity index is 2.29. The molecule has 0 fully saturated rings. The van der Waals surface area contributed by atoms with Crippen LogP contribution in [0.1, 0.15) is 21.5 Å². The Morgan fingerprint density at radius 1 is 1.21 bits per heavy atom. The fraction of sp³-hybridized carbons (Fsp3) is 0.143. The summed E-state index contributed by atoms with van der Waals surface area (Å²) < 4.78 is 1.52. The van der Waals surface area contributed by atoms with E-state index in [-0.39, 0.29) is 5.91 Å². The molecule has 1 aromatic heterocycles. The van der Waals surface area contributed by atoms with Crippen LogP contribution in [-0.4, -0.2) is 10.9 Å². The summed E-state index contributed by atoms with van der Waals surface area (Å²) in [6, 6.07) is 7.37. The molecule has 0 bridgehead atoms. The van der Waals surface area contributed by atoms with Gasteiger partial charge in [-0.3, -0.25) is 4.79 Å². The third-order valence-corrected chi connectivity index (χ3v) is 3.72. The van der Waals surface area contributed by atoms with E-state index in [1.54, 1.807) is 18.3 Å². The number of aryl methyl sites for hydroxylation is 2. The van der Waals surface area contributed by atoms with Crippen LogP contribution in [0.15, 0.2) is 39.5 Å². The van der Waals surface area contributed by atoms with E-state index in [1.807, 2.05) is 26.0 Å². The standard InChI is InChI=1S/C14H12Br2N2O/c1-8-5-9(2)13(11(15)6-8)18-14(19)10-3-4-17-12(16)7-10/h3-7H,1-2H3,(H,18,19).